The summed E-state index contributed by atoms with van der Waals surface area (Å²) >= 11 is 12.6. The minimum atomic E-state index is -4.18. The molecular formula is C31H37Cl2N3O5S. The molecule has 0 aliphatic carbocycles. The topological polar surface area (TPSA) is 96.0 Å². The van der Waals surface area contributed by atoms with Crippen molar-refractivity contribution in [1.82, 2.24) is 10.2 Å². The van der Waals surface area contributed by atoms with Gasteiger partial charge in [-0.2, -0.15) is 0 Å². The number of hydrogen-bond acceptors (Lipinski definition) is 5. The summed E-state index contributed by atoms with van der Waals surface area (Å²) in [5.41, 5.74) is 1.73. The molecule has 0 saturated heterocycles. The van der Waals surface area contributed by atoms with Crippen molar-refractivity contribution in [3.05, 3.63) is 87.9 Å². The number of amides is 2. The lowest BCUT2D eigenvalue weighted by Gasteiger charge is -2.34. The molecule has 226 valence electrons. The molecule has 0 unspecified atom stereocenters. The molecule has 0 fully saturated rings. The molecule has 0 aliphatic rings. The SMILES string of the molecule is CC[C@H](C(=O)N[C@@H](C)CC)N(Cc1ccc(Cl)cc1Cl)C(=O)CN(c1ccc(OC)cc1)S(=O)(=O)c1ccc(C)cc1. The third kappa shape index (κ3) is 8.18. The number of carbonyl (C=O) groups is 2. The van der Waals surface area contributed by atoms with Gasteiger partial charge in [-0.15, -0.1) is 0 Å². The summed E-state index contributed by atoms with van der Waals surface area (Å²) in [7, 11) is -2.67. The van der Waals surface area contributed by atoms with Crippen molar-refractivity contribution in [2.75, 3.05) is 18.0 Å². The van der Waals surface area contributed by atoms with E-state index in [-0.39, 0.29) is 29.1 Å². The van der Waals surface area contributed by atoms with E-state index in [2.05, 4.69) is 5.32 Å². The first-order valence-corrected chi connectivity index (χ1v) is 15.9. The fourth-order valence-electron chi connectivity index (χ4n) is 4.31. The van der Waals surface area contributed by atoms with Crippen LogP contribution in [0, 0.1) is 6.92 Å². The minimum Gasteiger partial charge on any atom is -0.497 e. The highest BCUT2D eigenvalue weighted by atomic mass is 35.5. The molecule has 0 heterocycles. The van der Waals surface area contributed by atoms with Gasteiger partial charge in [0.2, 0.25) is 11.8 Å². The summed E-state index contributed by atoms with van der Waals surface area (Å²) in [6, 6.07) is 16.7. The highest BCUT2D eigenvalue weighted by Crippen LogP contribution is 2.28. The number of benzene rings is 3. The Morgan fingerprint density at radius 2 is 1.60 bits per heavy atom. The standard InChI is InChI=1S/C31H37Cl2N3O5S/c1-6-22(4)34-31(38)29(7-2)35(19-23-10-11-24(32)18-28(23)33)30(37)20-36(25-12-14-26(41-5)15-13-25)42(39,40)27-16-8-21(3)9-17-27/h8-18,22,29H,6-7,19-20H2,1-5H3,(H,34,38)/t22-,29+/m0/s1. The average Bonchev–Trinajstić information content (AvgIpc) is 2.96. The molecule has 42 heavy (non-hydrogen) atoms. The third-order valence-corrected chi connectivity index (χ3v) is 9.37. The Balaban J connectivity index is 2.08. The molecule has 0 radical (unpaired) electrons. The Kier molecular flexibility index (Phi) is 11.7. The average molecular weight is 635 g/mol. The molecule has 11 heteroatoms. The number of rotatable bonds is 13. The van der Waals surface area contributed by atoms with Gasteiger partial charge < -0.3 is 15.0 Å². The van der Waals surface area contributed by atoms with Crippen LogP contribution in [-0.4, -0.2) is 50.9 Å². The lowest BCUT2D eigenvalue weighted by atomic mass is 10.1. The summed E-state index contributed by atoms with van der Waals surface area (Å²) < 4.78 is 34.2. The molecule has 3 aromatic carbocycles. The van der Waals surface area contributed by atoms with Gasteiger partial charge in [0.15, 0.2) is 0 Å². The van der Waals surface area contributed by atoms with E-state index >= 15 is 0 Å². The second-order valence-electron chi connectivity index (χ2n) is 10.0. The van der Waals surface area contributed by atoms with Gasteiger partial charge in [0.1, 0.15) is 18.3 Å². The van der Waals surface area contributed by atoms with Crippen molar-refractivity contribution >= 4 is 50.7 Å². The van der Waals surface area contributed by atoms with Gasteiger partial charge >= 0.3 is 0 Å². The van der Waals surface area contributed by atoms with Gasteiger partial charge in [0, 0.05) is 22.6 Å². The summed E-state index contributed by atoms with van der Waals surface area (Å²) in [5.74, 6) is -0.370. The monoisotopic (exact) mass is 633 g/mol. The first kappa shape index (κ1) is 33.2. The number of sulfonamides is 1. The van der Waals surface area contributed by atoms with Crippen molar-refractivity contribution < 1.29 is 22.7 Å². The van der Waals surface area contributed by atoms with Crippen molar-refractivity contribution in [3.63, 3.8) is 0 Å². The number of ether oxygens (including phenoxy) is 1. The molecule has 2 amide bonds. The number of nitrogens with one attached hydrogen (secondary N) is 1. The van der Waals surface area contributed by atoms with Gasteiger partial charge in [-0.3, -0.25) is 13.9 Å². The lowest BCUT2D eigenvalue weighted by molar-refractivity contribution is -0.140. The van der Waals surface area contributed by atoms with Gasteiger partial charge in [-0.1, -0.05) is 60.8 Å². The van der Waals surface area contributed by atoms with Gasteiger partial charge in [-0.25, -0.2) is 8.42 Å². The van der Waals surface area contributed by atoms with Crippen molar-refractivity contribution in [1.29, 1.82) is 0 Å². The van der Waals surface area contributed by atoms with E-state index in [1.807, 2.05) is 20.8 Å². The second-order valence-corrected chi connectivity index (χ2v) is 12.7. The first-order chi connectivity index (χ1) is 19.9. The molecule has 1 N–H and O–H groups in total. The molecule has 3 aromatic rings. The quantitative estimate of drug-likeness (QED) is 0.241. The first-order valence-electron chi connectivity index (χ1n) is 13.7. The number of carbonyl (C=O) groups excluding carboxylic acids is 2. The lowest BCUT2D eigenvalue weighted by Crippen LogP contribution is -2.53. The van der Waals surface area contributed by atoms with Crippen molar-refractivity contribution in [3.8, 4) is 5.75 Å². The van der Waals surface area contributed by atoms with Crippen molar-refractivity contribution in [2.24, 2.45) is 0 Å². The molecule has 0 aliphatic heterocycles. The maximum atomic E-state index is 14.2. The number of methoxy groups -OCH3 is 1. The van der Waals surface area contributed by atoms with Crippen molar-refractivity contribution in [2.45, 2.75) is 64.1 Å². The Labute approximate surface area is 258 Å². The predicted molar refractivity (Wildman–Crippen MR) is 168 cm³/mol. The van der Waals surface area contributed by atoms with Crippen LogP contribution < -0.4 is 14.4 Å². The number of nitrogens with zero attached hydrogens (tertiary/aromatic N) is 2. The van der Waals surface area contributed by atoms with E-state index in [0.717, 1.165) is 9.87 Å². The smallest absolute Gasteiger partial charge is 0.264 e. The normalized spacial score (nSPS) is 12.7. The van der Waals surface area contributed by atoms with Gasteiger partial charge in [0.05, 0.1) is 17.7 Å². The third-order valence-electron chi connectivity index (χ3n) is 6.99. The van der Waals surface area contributed by atoms with E-state index in [0.29, 0.717) is 34.2 Å². The Bertz CT molecular complexity index is 1480. The van der Waals surface area contributed by atoms with E-state index < -0.39 is 28.5 Å². The zero-order chi connectivity index (χ0) is 31.0. The van der Waals surface area contributed by atoms with Crippen LogP contribution in [0.1, 0.15) is 44.7 Å². The fourth-order valence-corrected chi connectivity index (χ4v) is 6.19. The largest absolute Gasteiger partial charge is 0.497 e. The summed E-state index contributed by atoms with van der Waals surface area (Å²) in [5, 5.41) is 3.71. The maximum Gasteiger partial charge on any atom is 0.264 e. The molecule has 0 spiro atoms. The Hall–Kier alpha value is -3.27. The highest BCUT2D eigenvalue weighted by molar-refractivity contribution is 7.92. The number of aryl methyl sites for hydroxylation is 1. The van der Waals surface area contributed by atoms with Crippen LogP contribution in [0.25, 0.3) is 0 Å². The van der Waals surface area contributed by atoms with E-state index in [4.69, 9.17) is 27.9 Å². The van der Waals surface area contributed by atoms with Crippen LogP contribution in [0.2, 0.25) is 10.0 Å². The number of hydrogen-bond donors (Lipinski definition) is 1. The Morgan fingerprint density at radius 3 is 2.14 bits per heavy atom. The van der Waals surface area contributed by atoms with E-state index in [1.165, 1.54) is 24.1 Å². The molecule has 0 saturated carbocycles. The summed E-state index contributed by atoms with van der Waals surface area (Å²) in [6.07, 6.45) is 1.01. The fraction of sp³-hybridized carbons (Fsp3) is 0.355. The number of anilines is 1. The molecule has 0 bridgehead atoms. The molecule has 3 rings (SSSR count). The molecule has 2 atom stereocenters. The van der Waals surface area contributed by atoms with Crippen LogP contribution in [0.15, 0.2) is 71.6 Å². The second kappa shape index (κ2) is 14.8. The molecule has 0 aromatic heterocycles. The zero-order valence-electron chi connectivity index (χ0n) is 24.4. The van der Waals surface area contributed by atoms with Crippen LogP contribution in [0.5, 0.6) is 5.75 Å². The number of halogens is 2. The highest BCUT2D eigenvalue weighted by Gasteiger charge is 2.34. The molecular weight excluding hydrogens is 597 g/mol. The van der Waals surface area contributed by atoms with Crippen LogP contribution >= 0.6 is 23.2 Å². The van der Waals surface area contributed by atoms with E-state index in [9.17, 15) is 18.0 Å². The van der Waals surface area contributed by atoms with Gasteiger partial charge in [-0.05, 0) is 80.8 Å². The zero-order valence-corrected chi connectivity index (χ0v) is 26.8. The maximum absolute atomic E-state index is 14.2. The Morgan fingerprint density at radius 1 is 0.952 bits per heavy atom. The van der Waals surface area contributed by atoms with Gasteiger partial charge in [0.25, 0.3) is 10.0 Å². The minimum absolute atomic E-state index is 0.0255. The predicted octanol–water partition coefficient (Wildman–Crippen LogP) is 6.23. The van der Waals surface area contributed by atoms with Crippen LogP contribution in [0.4, 0.5) is 5.69 Å². The van der Waals surface area contributed by atoms with E-state index in [1.54, 1.807) is 61.5 Å². The van der Waals surface area contributed by atoms with Crippen LogP contribution in [-0.2, 0) is 26.2 Å². The summed E-state index contributed by atoms with van der Waals surface area (Å²) in [4.78, 5) is 29.0. The van der Waals surface area contributed by atoms with Crippen LogP contribution in [0.3, 0.4) is 0 Å². The summed E-state index contributed by atoms with van der Waals surface area (Å²) in [6.45, 7) is 6.91. The molecule has 8 nitrogen and oxygen atoms in total.